The molecule has 2 amide bonds. The van der Waals surface area contributed by atoms with Crippen molar-refractivity contribution in [1.82, 2.24) is 10.2 Å². The molecule has 2 aromatic carbocycles. The highest BCUT2D eigenvalue weighted by Crippen LogP contribution is 2.23. The predicted octanol–water partition coefficient (Wildman–Crippen LogP) is 4.10. The fourth-order valence-corrected chi connectivity index (χ4v) is 4.68. The Bertz CT molecular complexity index is 1170. The molecule has 0 unspecified atom stereocenters. The summed E-state index contributed by atoms with van der Waals surface area (Å²) in [6, 6.07) is 12.2. The zero-order valence-electron chi connectivity index (χ0n) is 22.2. The standard InChI is InChI=1S/C27H39N3O4S/c1-9-24(26(32)28-27(5,6)7)29(17-22-13-11-10-12-20(22)3)25(31)18-30(35(8,33)34)23-15-14-19(2)21(4)16-23/h10-16,24H,9,17-18H2,1-8H3,(H,28,32)/t24-/m0/s1. The van der Waals surface area contributed by atoms with Crippen molar-refractivity contribution in [2.75, 3.05) is 17.1 Å². The average molecular weight is 502 g/mol. The highest BCUT2D eigenvalue weighted by Gasteiger charge is 2.33. The topological polar surface area (TPSA) is 86.8 Å². The Hall–Kier alpha value is -2.87. The first-order chi connectivity index (χ1) is 16.1. The number of amides is 2. The van der Waals surface area contributed by atoms with Crippen LogP contribution in [0.3, 0.4) is 0 Å². The van der Waals surface area contributed by atoms with Crippen LogP contribution in [0, 0.1) is 20.8 Å². The summed E-state index contributed by atoms with van der Waals surface area (Å²) >= 11 is 0. The first-order valence-corrected chi connectivity index (χ1v) is 13.7. The predicted molar refractivity (Wildman–Crippen MR) is 142 cm³/mol. The van der Waals surface area contributed by atoms with Crippen LogP contribution in [0.5, 0.6) is 0 Å². The quantitative estimate of drug-likeness (QED) is 0.560. The smallest absolute Gasteiger partial charge is 0.244 e. The third-order valence-electron chi connectivity index (χ3n) is 5.94. The molecule has 2 rings (SSSR count). The molecule has 0 saturated carbocycles. The Kier molecular flexibility index (Phi) is 9.11. The second-order valence-electron chi connectivity index (χ2n) is 10.1. The molecule has 0 bridgehead atoms. The third kappa shape index (κ3) is 7.82. The molecule has 0 spiro atoms. The largest absolute Gasteiger partial charge is 0.350 e. The van der Waals surface area contributed by atoms with Crippen LogP contribution in [0.15, 0.2) is 42.5 Å². The lowest BCUT2D eigenvalue weighted by Crippen LogP contribution is -2.55. The summed E-state index contributed by atoms with van der Waals surface area (Å²) in [6.45, 7) is 13.1. The maximum Gasteiger partial charge on any atom is 0.244 e. The van der Waals surface area contributed by atoms with Crippen molar-refractivity contribution in [3.8, 4) is 0 Å². The summed E-state index contributed by atoms with van der Waals surface area (Å²) in [4.78, 5) is 28.5. The van der Waals surface area contributed by atoms with E-state index in [9.17, 15) is 18.0 Å². The van der Waals surface area contributed by atoms with Crippen LogP contribution in [-0.4, -0.2) is 49.5 Å². The summed E-state index contributed by atoms with van der Waals surface area (Å²) in [7, 11) is -3.75. The van der Waals surface area contributed by atoms with Gasteiger partial charge in [0.2, 0.25) is 21.8 Å². The van der Waals surface area contributed by atoms with Gasteiger partial charge in [0.1, 0.15) is 12.6 Å². The number of benzene rings is 2. The lowest BCUT2D eigenvalue weighted by molar-refractivity contribution is -0.141. The monoisotopic (exact) mass is 501 g/mol. The van der Waals surface area contributed by atoms with Gasteiger partial charge >= 0.3 is 0 Å². The van der Waals surface area contributed by atoms with Crippen molar-refractivity contribution >= 4 is 27.5 Å². The van der Waals surface area contributed by atoms with E-state index in [1.807, 2.05) is 78.8 Å². The average Bonchev–Trinajstić information content (AvgIpc) is 2.73. The zero-order valence-corrected chi connectivity index (χ0v) is 23.0. The highest BCUT2D eigenvalue weighted by atomic mass is 32.2. The van der Waals surface area contributed by atoms with Gasteiger partial charge in [-0.3, -0.25) is 13.9 Å². The van der Waals surface area contributed by atoms with Gasteiger partial charge in [0.25, 0.3) is 0 Å². The molecule has 1 N–H and O–H groups in total. The van der Waals surface area contributed by atoms with Crippen LogP contribution < -0.4 is 9.62 Å². The minimum Gasteiger partial charge on any atom is -0.350 e. The summed E-state index contributed by atoms with van der Waals surface area (Å²) in [5.74, 6) is -0.702. The molecular weight excluding hydrogens is 462 g/mol. The van der Waals surface area contributed by atoms with Crippen LogP contribution in [0.4, 0.5) is 5.69 Å². The van der Waals surface area contributed by atoms with Crippen molar-refractivity contribution in [1.29, 1.82) is 0 Å². The summed E-state index contributed by atoms with van der Waals surface area (Å²) in [6.07, 6.45) is 1.48. The zero-order chi connectivity index (χ0) is 26.6. The van der Waals surface area contributed by atoms with Gasteiger partial charge in [0.05, 0.1) is 11.9 Å². The van der Waals surface area contributed by atoms with E-state index in [2.05, 4.69) is 5.32 Å². The molecule has 8 heteroatoms. The van der Waals surface area contributed by atoms with E-state index in [-0.39, 0.29) is 12.5 Å². The summed E-state index contributed by atoms with van der Waals surface area (Å²) < 4.78 is 26.6. The fraction of sp³-hybridized carbons (Fsp3) is 0.481. The molecule has 0 heterocycles. The van der Waals surface area contributed by atoms with Gasteiger partial charge in [0, 0.05) is 12.1 Å². The van der Waals surface area contributed by atoms with E-state index >= 15 is 0 Å². The Labute approximate surface area is 210 Å². The van der Waals surface area contributed by atoms with Gasteiger partial charge < -0.3 is 10.2 Å². The summed E-state index contributed by atoms with van der Waals surface area (Å²) in [5.41, 5.74) is 3.80. The van der Waals surface area contributed by atoms with Gasteiger partial charge in [-0.2, -0.15) is 0 Å². The number of anilines is 1. The molecule has 7 nitrogen and oxygen atoms in total. The molecule has 0 aliphatic carbocycles. The second kappa shape index (κ2) is 11.2. The number of hydrogen-bond donors (Lipinski definition) is 1. The molecule has 192 valence electrons. The van der Waals surface area contributed by atoms with Gasteiger partial charge in [0.15, 0.2) is 0 Å². The van der Waals surface area contributed by atoms with Crippen LogP contribution in [0.1, 0.15) is 56.4 Å². The van der Waals surface area contributed by atoms with Crippen molar-refractivity contribution in [3.63, 3.8) is 0 Å². The van der Waals surface area contributed by atoms with Crippen LogP contribution in [0.25, 0.3) is 0 Å². The van der Waals surface area contributed by atoms with Crippen molar-refractivity contribution in [3.05, 3.63) is 64.7 Å². The van der Waals surface area contributed by atoms with Crippen molar-refractivity contribution in [2.24, 2.45) is 0 Å². The third-order valence-corrected chi connectivity index (χ3v) is 7.08. The second-order valence-corrected chi connectivity index (χ2v) is 12.1. The lowest BCUT2D eigenvalue weighted by atomic mass is 10.0. The van der Waals surface area contributed by atoms with Gasteiger partial charge in [-0.25, -0.2) is 8.42 Å². The molecule has 2 aromatic rings. The molecule has 35 heavy (non-hydrogen) atoms. The Balaban J connectivity index is 2.49. The molecule has 0 aromatic heterocycles. The Morgan fingerprint density at radius 2 is 1.60 bits per heavy atom. The number of aryl methyl sites for hydroxylation is 3. The van der Waals surface area contributed by atoms with Crippen molar-refractivity contribution in [2.45, 2.75) is 73.0 Å². The fourth-order valence-electron chi connectivity index (χ4n) is 3.84. The number of hydrogen-bond acceptors (Lipinski definition) is 4. The number of rotatable bonds is 9. The maximum atomic E-state index is 13.8. The minimum atomic E-state index is -3.75. The van der Waals surface area contributed by atoms with E-state index in [1.165, 1.54) is 4.90 Å². The van der Waals surface area contributed by atoms with Crippen LogP contribution >= 0.6 is 0 Å². The molecule has 1 atom stereocenters. The highest BCUT2D eigenvalue weighted by molar-refractivity contribution is 7.92. The Morgan fingerprint density at radius 3 is 2.11 bits per heavy atom. The first-order valence-electron chi connectivity index (χ1n) is 11.8. The first kappa shape index (κ1) is 28.4. The maximum absolute atomic E-state index is 13.8. The lowest BCUT2D eigenvalue weighted by Gasteiger charge is -2.34. The Morgan fingerprint density at radius 1 is 0.971 bits per heavy atom. The van der Waals surface area contributed by atoms with Gasteiger partial charge in [-0.05, 0) is 82.3 Å². The van der Waals surface area contributed by atoms with E-state index in [4.69, 9.17) is 0 Å². The molecule has 0 fully saturated rings. The van der Waals surface area contributed by atoms with Crippen LogP contribution in [0.2, 0.25) is 0 Å². The van der Waals surface area contributed by atoms with Gasteiger partial charge in [-0.15, -0.1) is 0 Å². The molecule has 0 saturated heterocycles. The normalized spacial score (nSPS) is 12.7. The van der Waals surface area contributed by atoms with E-state index in [1.54, 1.807) is 12.1 Å². The number of nitrogens with one attached hydrogen (secondary N) is 1. The number of carbonyl (C=O) groups is 2. The van der Waals surface area contributed by atoms with E-state index < -0.39 is 34.1 Å². The molecular formula is C27H39N3O4S. The summed E-state index contributed by atoms with van der Waals surface area (Å²) in [5, 5.41) is 2.97. The number of sulfonamides is 1. The van der Waals surface area contributed by atoms with Crippen molar-refractivity contribution < 1.29 is 18.0 Å². The minimum absolute atomic E-state index is 0.200. The van der Waals surface area contributed by atoms with Crippen LogP contribution in [-0.2, 0) is 26.2 Å². The molecule has 0 aliphatic rings. The molecule has 0 aliphatic heterocycles. The molecule has 0 radical (unpaired) electrons. The van der Waals surface area contributed by atoms with E-state index in [0.29, 0.717) is 12.1 Å². The SMILES string of the molecule is CC[C@@H](C(=O)NC(C)(C)C)N(Cc1ccccc1C)C(=O)CN(c1ccc(C)c(C)c1)S(C)(=O)=O. The van der Waals surface area contributed by atoms with E-state index in [0.717, 1.165) is 32.8 Å². The number of carbonyl (C=O) groups excluding carboxylic acids is 2. The number of nitrogens with zero attached hydrogens (tertiary/aromatic N) is 2. The van der Waals surface area contributed by atoms with Gasteiger partial charge in [-0.1, -0.05) is 37.3 Å².